The van der Waals surface area contributed by atoms with E-state index in [1.54, 1.807) is 11.8 Å². The van der Waals surface area contributed by atoms with Crippen molar-refractivity contribution in [1.82, 2.24) is 14.7 Å². The fourth-order valence-corrected chi connectivity index (χ4v) is 8.63. The van der Waals surface area contributed by atoms with E-state index in [2.05, 4.69) is 17.1 Å². The average Bonchev–Trinajstić information content (AvgIpc) is 3.19. The molecule has 0 bridgehead atoms. The molecule has 9 nitrogen and oxygen atoms in total. The molecule has 2 amide bonds. The molecule has 0 aliphatic carbocycles. The number of rotatable bonds is 5. The van der Waals surface area contributed by atoms with Crippen molar-refractivity contribution in [2.45, 2.75) is 41.7 Å². The molecule has 0 saturated carbocycles. The van der Waals surface area contributed by atoms with Crippen LogP contribution in [0.3, 0.4) is 0 Å². The van der Waals surface area contributed by atoms with Crippen molar-refractivity contribution >= 4 is 29.5 Å². The molecule has 36 heavy (non-hydrogen) atoms. The number of nitrogens with zero attached hydrogens (tertiary/aromatic N) is 3. The first-order valence-corrected chi connectivity index (χ1v) is 14.0. The summed E-state index contributed by atoms with van der Waals surface area (Å²) in [6, 6.07) is -0.772. The minimum Gasteiger partial charge on any atom is -0.465 e. The number of β-amino-alcohol motifs (C(OH)–C–C–N with tert-alkyl or cyclic N) is 1. The van der Waals surface area contributed by atoms with E-state index in [-0.39, 0.29) is 30.9 Å². The molecule has 0 aromatic rings. The normalized spacial score (nSPS) is 38.3. The lowest BCUT2D eigenvalue weighted by Crippen LogP contribution is -2.55. The van der Waals surface area contributed by atoms with Crippen molar-refractivity contribution in [3.8, 4) is 0 Å². The Morgan fingerprint density at radius 1 is 1.00 bits per heavy atom. The first kappa shape index (κ1) is 25.8. The molecular formula is C26H37N3O6S. The number of likely N-dealkylation sites (tertiary alicyclic amines) is 1. The molecule has 0 radical (unpaired) electrons. The molecule has 1 N–H and O–H groups in total. The molecule has 5 heterocycles. The Morgan fingerprint density at radius 3 is 2.58 bits per heavy atom. The summed E-state index contributed by atoms with van der Waals surface area (Å²) in [5, 5.41) is 9.81. The van der Waals surface area contributed by atoms with E-state index >= 15 is 0 Å². The highest BCUT2D eigenvalue weighted by molar-refractivity contribution is 8.02. The highest BCUT2D eigenvalue weighted by Gasteiger charge is 2.73. The van der Waals surface area contributed by atoms with Gasteiger partial charge in [0.25, 0.3) is 0 Å². The standard InChI is InChI=1S/C26H37N3O6S/c1-25-7-4-2-3-5-16-35-24(33)20(25)19-22(31)29(12-15-30)21-23(32)28(9-6-8-26(19,21)36-25)11-10-27-13-17-34-18-14-27/h4,6-8,19-21,30H,2-3,5,9-18H2,1H3/b7-4-/t19-,20+,21?,25-,26-/m0/s1. The lowest BCUT2D eigenvalue weighted by molar-refractivity contribution is -0.154. The van der Waals surface area contributed by atoms with Gasteiger partial charge in [0.05, 0.1) is 43.0 Å². The first-order chi connectivity index (χ1) is 17.4. The minimum atomic E-state index is -0.895. The fraction of sp³-hybridized carbons (Fsp3) is 0.731. The van der Waals surface area contributed by atoms with Crippen LogP contribution in [0.25, 0.3) is 0 Å². The number of amides is 2. The third-order valence-corrected chi connectivity index (χ3v) is 10.0. The molecule has 3 saturated heterocycles. The maximum atomic E-state index is 14.1. The van der Waals surface area contributed by atoms with Crippen molar-refractivity contribution in [2.24, 2.45) is 11.8 Å². The highest BCUT2D eigenvalue weighted by atomic mass is 32.2. The lowest BCUT2D eigenvalue weighted by Gasteiger charge is -2.37. The fourth-order valence-electron chi connectivity index (χ4n) is 6.48. The predicted octanol–water partition coefficient (Wildman–Crippen LogP) is 0.680. The number of esters is 1. The summed E-state index contributed by atoms with van der Waals surface area (Å²) < 4.78 is 9.54. The van der Waals surface area contributed by atoms with Gasteiger partial charge in [-0.3, -0.25) is 19.3 Å². The maximum Gasteiger partial charge on any atom is 0.311 e. The summed E-state index contributed by atoms with van der Waals surface area (Å²) in [4.78, 5) is 47.1. The van der Waals surface area contributed by atoms with Crippen LogP contribution in [0.4, 0.5) is 0 Å². The summed E-state index contributed by atoms with van der Waals surface area (Å²) in [5.74, 6) is -2.15. The summed E-state index contributed by atoms with van der Waals surface area (Å²) in [6.07, 6.45) is 10.8. The van der Waals surface area contributed by atoms with Gasteiger partial charge in [0, 0.05) is 44.0 Å². The monoisotopic (exact) mass is 519 g/mol. The predicted molar refractivity (Wildman–Crippen MR) is 135 cm³/mol. The smallest absolute Gasteiger partial charge is 0.311 e. The van der Waals surface area contributed by atoms with E-state index in [4.69, 9.17) is 9.47 Å². The summed E-state index contributed by atoms with van der Waals surface area (Å²) in [7, 11) is 0. The number of aliphatic hydroxyl groups excluding tert-OH is 1. The third kappa shape index (κ3) is 4.40. The zero-order chi connectivity index (χ0) is 25.3. The molecule has 0 aromatic carbocycles. The van der Waals surface area contributed by atoms with Crippen LogP contribution >= 0.6 is 11.8 Å². The number of ether oxygens (including phenoxy) is 2. The van der Waals surface area contributed by atoms with Gasteiger partial charge >= 0.3 is 5.97 Å². The second kappa shape index (κ2) is 10.5. The molecule has 1 unspecified atom stereocenters. The topological polar surface area (TPSA) is 99.6 Å². The number of aliphatic hydroxyl groups is 1. The Bertz CT molecular complexity index is 937. The van der Waals surface area contributed by atoms with Crippen LogP contribution in [-0.2, 0) is 23.9 Å². The largest absolute Gasteiger partial charge is 0.465 e. The Balaban J connectivity index is 1.49. The molecule has 198 valence electrons. The van der Waals surface area contributed by atoms with E-state index in [0.717, 1.165) is 38.9 Å². The number of cyclic esters (lactones) is 1. The molecule has 5 aliphatic rings. The number of hydrogen-bond acceptors (Lipinski definition) is 8. The van der Waals surface area contributed by atoms with Gasteiger partial charge in [0.1, 0.15) is 6.04 Å². The molecular weight excluding hydrogens is 482 g/mol. The van der Waals surface area contributed by atoms with Crippen LogP contribution in [0.1, 0.15) is 26.2 Å². The molecule has 5 aliphatic heterocycles. The Labute approximate surface area is 216 Å². The van der Waals surface area contributed by atoms with Crippen molar-refractivity contribution in [3.05, 3.63) is 24.3 Å². The van der Waals surface area contributed by atoms with Gasteiger partial charge in [-0.25, -0.2) is 0 Å². The number of morpholine rings is 1. The minimum absolute atomic E-state index is 0.0630. The Kier molecular flexibility index (Phi) is 7.49. The number of carbonyl (C=O) groups is 3. The van der Waals surface area contributed by atoms with E-state index in [1.165, 1.54) is 4.90 Å². The maximum absolute atomic E-state index is 14.1. The van der Waals surface area contributed by atoms with Crippen molar-refractivity contribution in [1.29, 1.82) is 0 Å². The quantitative estimate of drug-likeness (QED) is 0.418. The second-order valence-corrected chi connectivity index (χ2v) is 12.2. The van der Waals surface area contributed by atoms with E-state index in [0.29, 0.717) is 32.9 Å². The van der Waals surface area contributed by atoms with Gasteiger partial charge in [0.2, 0.25) is 11.8 Å². The Morgan fingerprint density at radius 2 is 1.81 bits per heavy atom. The van der Waals surface area contributed by atoms with Gasteiger partial charge < -0.3 is 24.4 Å². The van der Waals surface area contributed by atoms with Crippen molar-refractivity contribution in [2.75, 3.05) is 65.7 Å². The average molecular weight is 520 g/mol. The number of hydrogen-bond donors (Lipinski definition) is 1. The van der Waals surface area contributed by atoms with Gasteiger partial charge in [0.15, 0.2) is 0 Å². The van der Waals surface area contributed by atoms with Gasteiger partial charge in [-0.2, -0.15) is 0 Å². The number of carbonyl (C=O) groups excluding carboxylic acids is 3. The van der Waals surface area contributed by atoms with Gasteiger partial charge in [-0.15, -0.1) is 11.8 Å². The molecule has 1 spiro atoms. The Hall–Kier alpha value is -1.88. The van der Waals surface area contributed by atoms with Crippen LogP contribution in [0, 0.1) is 11.8 Å². The van der Waals surface area contributed by atoms with Crippen LogP contribution in [0.15, 0.2) is 24.3 Å². The zero-order valence-electron chi connectivity index (χ0n) is 21.0. The first-order valence-electron chi connectivity index (χ1n) is 13.1. The van der Waals surface area contributed by atoms with Crippen LogP contribution in [0.5, 0.6) is 0 Å². The highest BCUT2D eigenvalue weighted by Crippen LogP contribution is 2.65. The van der Waals surface area contributed by atoms with Crippen LogP contribution < -0.4 is 0 Å². The molecule has 10 heteroatoms. The summed E-state index contributed by atoms with van der Waals surface area (Å²) in [6.45, 7) is 6.97. The van der Waals surface area contributed by atoms with Crippen LogP contribution in [0.2, 0.25) is 0 Å². The third-order valence-electron chi connectivity index (χ3n) is 8.21. The second-order valence-electron chi connectivity index (χ2n) is 10.5. The molecule has 3 fully saturated rings. The number of fused-ring (bicyclic) bond motifs is 2. The van der Waals surface area contributed by atoms with E-state index in [1.807, 2.05) is 24.0 Å². The molecule has 0 aromatic heterocycles. The summed E-state index contributed by atoms with van der Waals surface area (Å²) >= 11 is 1.55. The van der Waals surface area contributed by atoms with E-state index in [9.17, 15) is 19.5 Å². The molecule has 5 atom stereocenters. The molecule has 5 rings (SSSR count). The summed E-state index contributed by atoms with van der Waals surface area (Å²) in [5.41, 5.74) is 0. The van der Waals surface area contributed by atoms with Gasteiger partial charge in [-0.05, 0) is 26.2 Å². The van der Waals surface area contributed by atoms with Crippen molar-refractivity contribution in [3.63, 3.8) is 0 Å². The van der Waals surface area contributed by atoms with E-state index < -0.39 is 27.4 Å². The van der Waals surface area contributed by atoms with Crippen molar-refractivity contribution < 1.29 is 29.0 Å². The number of allylic oxidation sites excluding steroid dienone is 1. The van der Waals surface area contributed by atoms with Crippen LogP contribution in [-0.4, -0.2) is 119 Å². The number of thioether (sulfide) groups is 1. The van der Waals surface area contributed by atoms with Gasteiger partial charge in [-0.1, -0.05) is 24.3 Å². The SMILES string of the molecule is C[C@]12/C=C\CCCCOC(=O)[C@H]1[C@H]1C(=O)N(CCO)C3C(=O)N(CCN4CCOCC4)CC=C[C@@]31S2. The lowest BCUT2D eigenvalue weighted by atomic mass is 9.74. The zero-order valence-corrected chi connectivity index (χ0v) is 21.8.